The number of hydrogen-bond donors (Lipinski definition) is 4. The Labute approximate surface area is 197 Å². The van der Waals surface area contributed by atoms with Gasteiger partial charge >= 0.3 is 12.1 Å². The molecule has 2 fully saturated rings. The Bertz CT molecular complexity index is 868. The molecule has 1 amide bonds. The van der Waals surface area contributed by atoms with Crippen molar-refractivity contribution < 1.29 is 45.8 Å². The molecule has 1 aliphatic carbocycles. The third kappa shape index (κ3) is 9.07. The number of rotatable bonds is 7. The lowest BCUT2D eigenvalue weighted by Gasteiger charge is -2.28. The fraction of sp³-hybridized carbons (Fsp3) is 0.667. The largest absolute Gasteiger partial charge is 0.490 e. The van der Waals surface area contributed by atoms with Crippen molar-refractivity contribution in [2.45, 2.75) is 63.2 Å². The topological polar surface area (TPSA) is 113 Å². The fourth-order valence-electron chi connectivity index (χ4n) is 3.70. The Morgan fingerprint density at radius 1 is 1.26 bits per heavy atom. The normalized spacial score (nSPS) is 19.9. The van der Waals surface area contributed by atoms with E-state index in [1.807, 2.05) is 0 Å². The summed E-state index contributed by atoms with van der Waals surface area (Å²) < 4.78 is 77.9. The number of carbonyl (C=O) groups is 2. The Balaban J connectivity index is 0.000000540. The maximum atomic E-state index is 14.4. The summed E-state index contributed by atoms with van der Waals surface area (Å²) in [5.74, 6) is -5.72. The number of carboxylic acid groups (broad SMARTS) is 1. The number of nitrogens with one attached hydrogen (secondary N) is 3. The number of aromatic nitrogens is 1. The number of carbonyl (C=O) groups excluding carboxylic acids is 1. The number of nitrogens with zero attached hydrogens (tertiary/aromatic N) is 1. The minimum atomic E-state index is -5.08. The predicted octanol–water partition coefficient (Wildman–Crippen LogP) is 3.47. The van der Waals surface area contributed by atoms with Crippen LogP contribution in [-0.2, 0) is 16.1 Å². The van der Waals surface area contributed by atoms with E-state index in [-0.39, 0.29) is 49.0 Å². The number of ether oxygens (including phenoxy) is 1. The number of halogens is 6. The van der Waals surface area contributed by atoms with Gasteiger partial charge in [0, 0.05) is 31.5 Å². The van der Waals surface area contributed by atoms with Crippen molar-refractivity contribution >= 4 is 17.7 Å². The number of anilines is 1. The molecule has 1 unspecified atom stereocenters. The summed E-state index contributed by atoms with van der Waals surface area (Å²) in [4.78, 5) is 25.2. The Hall–Kier alpha value is -2.77. The second-order valence-corrected chi connectivity index (χ2v) is 8.34. The number of hydrogen-bond acceptors (Lipinski definition) is 6. The van der Waals surface area contributed by atoms with Gasteiger partial charge in [0.25, 0.3) is 0 Å². The van der Waals surface area contributed by atoms with Crippen molar-refractivity contribution in [3.63, 3.8) is 0 Å². The third-order valence-corrected chi connectivity index (χ3v) is 5.68. The smallest absolute Gasteiger partial charge is 0.481 e. The minimum Gasteiger partial charge on any atom is -0.481 e. The van der Waals surface area contributed by atoms with Crippen molar-refractivity contribution in [3.05, 3.63) is 17.4 Å². The van der Waals surface area contributed by atoms with E-state index >= 15 is 0 Å². The van der Waals surface area contributed by atoms with E-state index in [4.69, 9.17) is 14.6 Å². The Morgan fingerprint density at radius 3 is 2.40 bits per heavy atom. The van der Waals surface area contributed by atoms with Crippen molar-refractivity contribution in [2.75, 3.05) is 25.5 Å². The summed E-state index contributed by atoms with van der Waals surface area (Å²) in [5.41, 5.74) is 0.439. The van der Waals surface area contributed by atoms with Crippen molar-refractivity contribution in [1.29, 1.82) is 0 Å². The molecule has 1 saturated carbocycles. The van der Waals surface area contributed by atoms with Crippen molar-refractivity contribution in [3.8, 4) is 5.88 Å². The first kappa shape index (κ1) is 28.5. The molecule has 3 rings (SSSR count). The first-order valence-corrected chi connectivity index (χ1v) is 11.0. The lowest BCUT2D eigenvalue weighted by molar-refractivity contribution is -0.192. The van der Waals surface area contributed by atoms with Gasteiger partial charge in [-0.05, 0) is 44.2 Å². The molecule has 0 radical (unpaired) electrons. The number of carboxylic acids is 1. The van der Waals surface area contributed by atoms with Crippen molar-refractivity contribution in [1.82, 2.24) is 15.6 Å². The van der Waals surface area contributed by atoms with Gasteiger partial charge in [0.1, 0.15) is 0 Å². The second kappa shape index (κ2) is 12.3. The highest BCUT2D eigenvalue weighted by atomic mass is 19.4. The maximum Gasteiger partial charge on any atom is 0.490 e. The summed E-state index contributed by atoms with van der Waals surface area (Å²) in [6, 6.07) is 1.07. The molecule has 198 valence electrons. The molecule has 1 aliphatic heterocycles. The monoisotopic (exact) mass is 514 g/mol. The molecule has 1 saturated heterocycles. The van der Waals surface area contributed by atoms with E-state index in [0.29, 0.717) is 24.9 Å². The van der Waals surface area contributed by atoms with Gasteiger partial charge in [0.15, 0.2) is 11.6 Å². The standard InChI is InChI=1S/C19H27F3N4O2.C2HF3O2/c1-28-18-13(11-25-17(27)15-3-2-8-23-15)9-14(20)16(26-18)24-10-12-4-6-19(21,22)7-5-12;3-2(4,5)1(6)7/h9,12,15,23H,2-8,10-11H2,1H3,(H,24,26)(H,25,27);(H,6,7). The molecule has 35 heavy (non-hydrogen) atoms. The van der Waals surface area contributed by atoms with Crippen LogP contribution in [0.25, 0.3) is 0 Å². The number of alkyl halides is 5. The van der Waals surface area contributed by atoms with Gasteiger partial charge in [-0.15, -0.1) is 0 Å². The summed E-state index contributed by atoms with van der Waals surface area (Å²) in [7, 11) is 1.43. The van der Waals surface area contributed by atoms with Gasteiger partial charge in [0.05, 0.1) is 13.2 Å². The Kier molecular flexibility index (Phi) is 9.98. The molecule has 0 aromatic carbocycles. The molecule has 0 bridgehead atoms. The SMILES string of the molecule is COc1nc(NCC2CCC(F)(F)CC2)c(F)cc1CNC(=O)C1CCCN1.O=C(O)C(F)(F)F. The van der Waals surface area contributed by atoms with Crippen LogP contribution in [0.5, 0.6) is 5.88 Å². The van der Waals surface area contributed by atoms with E-state index in [1.165, 1.54) is 13.2 Å². The molecule has 1 aromatic heterocycles. The molecule has 1 atom stereocenters. The molecule has 4 N–H and O–H groups in total. The van der Waals surface area contributed by atoms with Crippen LogP contribution in [0.4, 0.5) is 32.2 Å². The molecular formula is C21H28F6N4O4. The quantitative estimate of drug-likeness (QED) is 0.413. The minimum absolute atomic E-state index is 0.0294. The summed E-state index contributed by atoms with van der Waals surface area (Å²) >= 11 is 0. The fourth-order valence-corrected chi connectivity index (χ4v) is 3.70. The van der Waals surface area contributed by atoms with E-state index in [2.05, 4.69) is 20.9 Å². The zero-order valence-electron chi connectivity index (χ0n) is 19.0. The van der Waals surface area contributed by atoms with Crippen LogP contribution in [0.15, 0.2) is 6.07 Å². The van der Waals surface area contributed by atoms with Crippen molar-refractivity contribution in [2.24, 2.45) is 5.92 Å². The number of pyridine rings is 1. The van der Waals surface area contributed by atoms with Crippen LogP contribution in [0, 0.1) is 11.7 Å². The zero-order valence-corrected chi connectivity index (χ0v) is 19.0. The number of aliphatic carboxylic acids is 1. The van der Waals surface area contributed by atoms with E-state index in [1.54, 1.807) is 0 Å². The van der Waals surface area contributed by atoms with Gasteiger partial charge in [0.2, 0.25) is 17.7 Å². The zero-order chi connectivity index (χ0) is 26.2. The molecular weight excluding hydrogens is 486 g/mol. The average molecular weight is 514 g/mol. The Morgan fingerprint density at radius 2 is 1.89 bits per heavy atom. The summed E-state index contributed by atoms with van der Waals surface area (Å²) in [6.07, 6.45) is -2.81. The second-order valence-electron chi connectivity index (χ2n) is 8.34. The van der Waals surface area contributed by atoms with E-state index in [9.17, 15) is 31.1 Å². The lowest BCUT2D eigenvalue weighted by Crippen LogP contribution is -2.40. The number of amides is 1. The van der Waals surface area contributed by atoms with Crippen LogP contribution >= 0.6 is 0 Å². The summed E-state index contributed by atoms with van der Waals surface area (Å²) in [6.45, 7) is 1.31. The highest BCUT2D eigenvalue weighted by Gasteiger charge is 2.38. The van der Waals surface area contributed by atoms with E-state index < -0.39 is 23.9 Å². The van der Waals surface area contributed by atoms with E-state index in [0.717, 1.165) is 19.4 Å². The summed E-state index contributed by atoms with van der Waals surface area (Å²) in [5, 5.41) is 15.9. The third-order valence-electron chi connectivity index (χ3n) is 5.68. The highest BCUT2D eigenvalue weighted by molar-refractivity contribution is 5.82. The maximum absolute atomic E-state index is 14.4. The van der Waals surface area contributed by atoms with Crippen LogP contribution in [0.3, 0.4) is 0 Å². The highest BCUT2D eigenvalue weighted by Crippen LogP contribution is 2.36. The van der Waals surface area contributed by atoms with Crippen LogP contribution in [0.1, 0.15) is 44.1 Å². The lowest BCUT2D eigenvalue weighted by atomic mass is 9.87. The van der Waals surface area contributed by atoms with Gasteiger partial charge in [-0.1, -0.05) is 0 Å². The first-order chi connectivity index (χ1) is 16.3. The van der Waals surface area contributed by atoms with Gasteiger partial charge in [-0.25, -0.2) is 18.0 Å². The number of methoxy groups -OCH3 is 1. The molecule has 2 heterocycles. The molecule has 0 spiro atoms. The molecule has 1 aromatic rings. The molecule has 2 aliphatic rings. The predicted molar refractivity (Wildman–Crippen MR) is 113 cm³/mol. The first-order valence-electron chi connectivity index (χ1n) is 11.0. The van der Waals surface area contributed by atoms with Crippen LogP contribution in [-0.4, -0.2) is 60.3 Å². The average Bonchev–Trinajstić information content (AvgIpc) is 3.32. The van der Waals surface area contributed by atoms with Gasteiger partial charge in [-0.2, -0.15) is 18.2 Å². The van der Waals surface area contributed by atoms with Gasteiger partial charge < -0.3 is 25.8 Å². The molecule has 14 heteroatoms. The van der Waals surface area contributed by atoms with Gasteiger partial charge in [-0.3, -0.25) is 4.79 Å². The van der Waals surface area contributed by atoms with Crippen LogP contribution in [0.2, 0.25) is 0 Å². The molecule has 8 nitrogen and oxygen atoms in total. The van der Waals surface area contributed by atoms with Crippen LogP contribution < -0.4 is 20.7 Å².